The number of fused-ring (bicyclic) bond motifs is 1. The number of rotatable bonds is 5. The van der Waals surface area contributed by atoms with Crippen LogP contribution < -0.4 is 0 Å². The summed E-state index contributed by atoms with van der Waals surface area (Å²) >= 11 is 1.69. The highest BCUT2D eigenvalue weighted by Gasteiger charge is 2.32. The highest BCUT2D eigenvalue weighted by molar-refractivity contribution is 7.15. The number of aromatic nitrogens is 2. The minimum absolute atomic E-state index is 0.0774. The van der Waals surface area contributed by atoms with Gasteiger partial charge in [-0.3, -0.25) is 14.1 Å². The van der Waals surface area contributed by atoms with Gasteiger partial charge >= 0.3 is 5.97 Å². The number of morpholine rings is 1. The summed E-state index contributed by atoms with van der Waals surface area (Å²) < 4.78 is 12.7. The molecular weight excluding hydrogens is 314 g/mol. The van der Waals surface area contributed by atoms with Gasteiger partial charge in [0.25, 0.3) is 0 Å². The van der Waals surface area contributed by atoms with E-state index in [4.69, 9.17) is 14.5 Å². The van der Waals surface area contributed by atoms with Crippen LogP contribution in [-0.4, -0.2) is 53.2 Å². The molecule has 0 spiro atoms. The van der Waals surface area contributed by atoms with Gasteiger partial charge < -0.3 is 9.47 Å². The van der Waals surface area contributed by atoms with Gasteiger partial charge in [0, 0.05) is 37.1 Å². The van der Waals surface area contributed by atoms with Crippen molar-refractivity contribution in [2.24, 2.45) is 0 Å². The van der Waals surface area contributed by atoms with Crippen LogP contribution in [0.4, 0.5) is 0 Å². The van der Waals surface area contributed by atoms with Gasteiger partial charge in [0.1, 0.15) is 0 Å². The average molecular weight is 335 g/mol. The summed E-state index contributed by atoms with van der Waals surface area (Å²) in [6.07, 6.45) is 4.87. The fraction of sp³-hybridized carbons (Fsp3) is 0.625. The zero-order valence-electron chi connectivity index (χ0n) is 13.2. The molecule has 2 aliphatic rings. The van der Waals surface area contributed by atoms with Crippen LogP contribution in [0.5, 0.6) is 0 Å². The maximum absolute atomic E-state index is 11.5. The molecule has 0 N–H and O–H groups in total. The summed E-state index contributed by atoms with van der Waals surface area (Å²) in [4.78, 5) is 19.7. The lowest BCUT2D eigenvalue weighted by molar-refractivity contribution is -0.145. The molecule has 0 bridgehead atoms. The molecule has 0 aromatic carbocycles. The fourth-order valence-electron chi connectivity index (χ4n) is 3.22. The molecule has 4 rings (SSSR count). The molecule has 7 heteroatoms. The first-order chi connectivity index (χ1) is 11.2. The van der Waals surface area contributed by atoms with E-state index in [9.17, 15) is 4.79 Å². The standard InChI is InChI=1S/C16H21N3O3S/c1-21-14(20)8-12-9-18(4-6-22-12)10-13-15(11-2-3-11)17-16-19(13)5-7-23-16/h5,7,11-12H,2-4,6,8-10H2,1H3/t12-/m1/s1. The van der Waals surface area contributed by atoms with Crippen molar-refractivity contribution in [3.63, 3.8) is 0 Å². The molecule has 1 atom stereocenters. The van der Waals surface area contributed by atoms with E-state index in [0.717, 1.165) is 24.6 Å². The summed E-state index contributed by atoms with van der Waals surface area (Å²) in [6, 6.07) is 0. The van der Waals surface area contributed by atoms with Gasteiger partial charge in [-0.25, -0.2) is 4.98 Å². The number of hydrogen-bond donors (Lipinski definition) is 0. The van der Waals surface area contributed by atoms with E-state index >= 15 is 0 Å². The molecule has 0 amide bonds. The smallest absolute Gasteiger partial charge is 0.308 e. The summed E-state index contributed by atoms with van der Waals surface area (Å²) in [5, 5.41) is 2.09. The van der Waals surface area contributed by atoms with E-state index in [1.165, 1.54) is 31.3 Å². The highest BCUT2D eigenvalue weighted by atomic mass is 32.1. The van der Waals surface area contributed by atoms with Crippen LogP contribution in [0.25, 0.3) is 4.96 Å². The van der Waals surface area contributed by atoms with Crippen LogP contribution in [0.3, 0.4) is 0 Å². The second-order valence-corrected chi connectivity index (χ2v) is 7.15. The highest BCUT2D eigenvalue weighted by Crippen LogP contribution is 2.42. The lowest BCUT2D eigenvalue weighted by Crippen LogP contribution is -2.43. The van der Waals surface area contributed by atoms with Gasteiger partial charge in [0.05, 0.1) is 37.6 Å². The monoisotopic (exact) mass is 335 g/mol. The van der Waals surface area contributed by atoms with Gasteiger partial charge in [0.15, 0.2) is 4.96 Å². The van der Waals surface area contributed by atoms with Crippen molar-refractivity contribution in [3.05, 3.63) is 23.0 Å². The molecule has 2 aromatic heterocycles. The van der Waals surface area contributed by atoms with Gasteiger partial charge in [-0.05, 0) is 12.8 Å². The van der Waals surface area contributed by atoms with Gasteiger partial charge in [-0.1, -0.05) is 0 Å². The van der Waals surface area contributed by atoms with Crippen LogP contribution in [0.1, 0.15) is 36.6 Å². The Morgan fingerprint density at radius 2 is 2.39 bits per heavy atom. The number of carbonyl (C=O) groups is 1. The first kappa shape index (κ1) is 15.1. The van der Waals surface area contributed by atoms with Gasteiger partial charge in [0.2, 0.25) is 0 Å². The molecule has 1 aliphatic carbocycles. The van der Waals surface area contributed by atoms with Crippen LogP contribution in [-0.2, 0) is 20.8 Å². The van der Waals surface area contributed by atoms with Crippen molar-refractivity contribution in [1.82, 2.24) is 14.3 Å². The molecule has 0 unspecified atom stereocenters. The van der Waals surface area contributed by atoms with E-state index in [1.807, 2.05) is 0 Å². The largest absolute Gasteiger partial charge is 0.469 e. The predicted molar refractivity (Wildman–Crippen MR) is 86.7 cm³/mol. The van der Waals surface area contributed by atoms with E-state index in [0.29, 0.717) is 18.9 Å². The maximum atomic E-state index is 11.5. The van der Waals surface area contributed by atoms with Crippen LogP contribution >= 0.6 is 11.3 Å². The quantitative estimate of drug-likeness (QED) is 0.783. The minimum Gasteiger partial charge on any atom is -0.469 e. The lowest BCUT2D eigenvalue weighted by Gasteiger charge is -2.32. The van der Waals surface area contributed by atoms with Crippen molar-refractivity contribution in [2.75, 3.05) is 26.8 Å². The fourth-order valence-corrected chi connectivity index (χ4v) is 3.96. The Morgan fingerprint density at radius 1 is 1.52 bits per heavy atom. The Morgan fingerprint density at radius 3 is 3.17 bits per heavy atom. The molecule has 3 heterocycles. The zero-order valence-corrected chi connectivity index (χ0v) is 14.1. The van der Waals surface area contributed by atoms with E-state index in [1.54, 1.807) is 11.3 Å². The zero-order chi connectivity index (χ0) is 15.8. The van der Waals surface area contributed by atoms with Crippen molar-refractivity contribution in [1.29, 1.82) is 0 Å². The minimum atomic E-state index is -0.208. The molecular formula is C16H21N3O3S. The third kappa shape index (κ3) is 3.13. The van der Waals surface area contributed by atoms with Gasteiger partial charge in [-0.2, -0.15) is 0 Å². The van der Waals surface area contributed by atoms with E-state index in [-0.39, 0.29) is 12.1 Å². The number of imidazole rings is 1. The van der Waals surface area contributed by atoms with E-state index < -0.39 is 0 Å². The van der Waals surface area contributed by atoms with Crippen LogP contribution in [0.2, 0.25) is 0 Å². The Kier molecular flexibility index (Phi) is 4.09. The number of nitrogens with zero attached hydrogens (tertiary/aromatic N) is 3. The van der Waals surface area contributed by atoms with Crippen molar-refractivity contribution in [3.8, 4) is 0 Å². The number of thiazole rings is 1. The second-order valence-electron chi connectivity index (χ2n) is 6.28. The normalized spacial score (nSPS) is 22.6. The number of methoxy groups -OCH3 is 1. The molecule has 1 saturated heterocycles. The lowest BCUT2D eigenvalue weighted by atomic mass is 10.1. The number of ether oxygens (including phenoxy) is 2. The Labute approximate surface area is 139 Å². The molecule has 2 fully saturated rings. The molecule has 0 radical (unpaired) electrons. The first-order valence-electron chi connectivity index (χ1n) is 8.09. The molecule has 6 nitrogen and oxygen atoms in total. The third-order valence-electron chi connectivity index (χ3n) is 4.57. The molecule has 1 saturated carbocycles. The van der Waals surface area contributed by atoms with Crippen molar-refractivity contribution >= 4 is 22.3 Å². The summed E-state index contributed by atoms with van der Waals surface area (Å²) in [5.41, 5.74) is 2.58. The Balaban J connectivity index is 1.50. The summed E-state index contributed by atoms with van der Waals surface area (Å²) in [7, 11) is 1.42. The van der Waals surface area contributed by atoms with Crippen molar-refractivity contribution < 1.29 is 14.3 Å². The van der Waals surface area contributed by atoms with Crippen LogP contribution in [0.15, 0.2) is 11.6 Å². The maximum Gasteiger partial charge on any atom is 0.308 e. The number of hydrogen-bond acceptors (Lipinski definition) is 6. The second kappa shape index (κ2) is 6.22. The number of esters is 1. The van der Waals surface area contributed by atoms with Gasteiger partial charge in [-0.15, -0.1) is 11.3 Å². The first-order valence-corrected chi connectivity index (χ1v) is 8.97. The number of carbonyl (C=O) groups excluding carboxylic acids is 1. The van der Waals surface area contributed by atoms with Crippen molar-refractivity contribution in [2.45, 2.75) is 37.8 Å². The Bertz CT molecular complexity index is 707. The topological polar surface area (TPSA) is 56.1 Å². The molecule has 23 heavy (non-hydrogen) atoms. The summed E-state index contributed by atoms with van der Waals surface area (Å²) in [5.74, 6) is 0.434. The van der Waals surface area contributed by atoms with Crippen LogP contribution in [0, 0.1) is 0 Å². The van der Waals surface area contributed by atoms with E-state index in [2.05, 4.69) is 20.9 Å². The molecule has 124 valence electrons. The Hall–Kier alpha value is -1.44. The summed E-state index contributed by atoms with van der Waals surface area (Å²) in [6.45, 7) is 3.17. The SMILES string of the molecule is COC(=O)C[C@@H]1CN(Cc2c(C3CC3)nc3sccn23)CCO1. The third-order valence-corrected chi connectivity index (χ3v) is 5.33. The molecule has 1 aliphatic heterocycles. The average Bonchev–Trinajstić information content (AvgIpc) is 3.20. The predicted octanol–water partition coefficient (Wildman–Crippen LogP) is 2.04. The molecule has 2 aromatic rings.